The summed E-state index contributed by atoms with van der Waals surface area (Å²) in [7, 11) is 1.31. The van der Waals surface area contributed by atoms with Crippen molar-refractivity contribution in [2.24, 2.45) is 5.92 Å². The van der Waals surface area contributed by atoms with Crippen molar-refractivity contribution >= 4 is 23.3 Å². The number of esters is 1. The standard InChI is InChI=1S/C18H21N3O3/c1-12(2)11-20-14-7-8-19-16(10-14)17(22)21-15-6-4-5-13(9-15)18(23)24-3/h4-10,12H,11H2,1-3H3,(H,19,20)(H,21,22). The van der Waals surface area contributed by atoms with Crippen molar-refractivity contribution in [3.63, 3.8) is 0 Å². The molecular formula is C18H21N3O3. The van der Waals surface area contributed by atoms with Crippen LogP contribution in [0, 0.1) is 5.92 Å². The molecule has 0 aliphatic rings. The van der Waals surface area contributed by atoms with E-state index in [2.05, 4.69) is 34.2 Å². The number of nitrogens with zero attached hydrogens (tertiary/aromatic N) is 1. The van der Waals surface area contributed by atoms with E-state index in [4.69, 9.17) is 0 Å². The molecule has 0 radical (unpaired) electrons. The monoisotopic (exact) mass is 327 g/mol. The van der Waals surface area contributed by atoms with Gasteiger partial charge in [-0.1, -0.05) is 19.9 Å². The minimum atomic E-state index is -0.455. The van der Waals surface area contributed by atoms with Gasteiger partial charge in [-0.25, -0.2) is 4.79 Å². The topological polar surface area (TPSA) is 80.3 Å². The number of anilines is 2. The summed E-state index contributed by atoms with van der Waals surface area (Å²) >= 11 is 0. The Balaban J connectivity index is 2.09. The Morgan fingerprint density at radius 2 is 1.96 bits per heavy atom. The summed E-state index contributed by atoms with van der Waals surface area (Å²) in [5.41, 5.74) is 2.01. The van der Waals surface area contributed by atoms with Crippen LogP contribution in [0.3, 0.4) is 0 Å². The number of ether oxygens (including phenoxy) is 1. The number of carbonyl (C=O) groups is 2. The van der Waals surface area contributed by atoms with Crippen molar-refractivity contribution in [2.45, 2.75) is 13.8 Å². The lowest BCUT2D eigenvalue weighted by Crippen LogP contribution is -2.15. The van der Waals surface area contributed by atoms with Gasteiger partial charge in [-0.15, -0.1) is 0 Å². The van der Waals surface area contributed by atoms with Crippen molar-refractivity contribution in [3.05, 3.63) is 53.9 Å². The molecule has 24 heavy (non-hydrogen) atoms. The molecule has 1 aromatic carbocycles. The van der Waals surface area contributed by atoms with Crippen molar-refractivity contribution < 1.29 is 14.3 Å². The predicted molar refractivity (Wildman–Crippen MR) is 93.3 cm³/mol. The van der Waals surface area contributed by atoms with Crippen molar-refractivity contribution in [1.29, 1.82) is 0 Å². The van der Waals surface area contributed by atoms with E-state index in [9.17, 15) is 9.59 Å². The van der Waals surface area contributed by atoms with Crippen LogP contribution in [0.25, 0.3) is 0 Å². The number of hydrogen-bond donors (Lipinski definition) is 2. The van der Waals surface area contributed by atoms with Crippen LogP contribution >= 0.6 is 0 Å². The van der Waals surface area contributed by atoms with Crippen LogP contribution in [0.15, 0.2) is 42.6 Å². The maximum atomic E-state index is 12.3. The maximum Gasteiger partial charge on any atom is 0.337 e. The van der Waals surface area contributed by atoms with Gasteiger partial charge in [0.1, 0.15) is 5.69 Å². The minimum absolute atomic E-state index is 0.298. The molecule has 2 N–H and O–H groups in total. The molecule has 1 heterocycles. The van der Waals surface area contributed by atoms with Gasteiger partial charge in [-0.05, 0) is 36.2 Å². The van der Waals surface area contributed by atoms with Crippen molar-refractivity contribution in [1.82, 2.24) is 4.98 Å². The highest BCUT2D eigenvalue weighted by atomic mass is 16.5. The Hall–Kier alpha value is -2.89. The molecule has 0 bridgehead atoms. The summed E-state index contributed by atoms with van der Waals surface area (Å²) in [6.45, 7) is 5.03. The zero-order valence-corrected chi connectivity index (χ0v) is 14.0. The molecule has 126 valence electrons. The van der Waals surface area contributed by atoms with E-state index in [0.29, 0.717) is 22.9 Å². The van der Waals surface area contributed by atoms with Gasteiger partial charge in [0.2, 0.25) is 0 Å². The number of benzene rings is 1. The van der Waals surface area contributed by atoms with Crippen molar-refractivity contribution in [2.75, 3.05) is 24.3 Å². The van der Waals surface area contributed by atoms with Crippen LogP contribution < -0.4 is 10.6 Å². The average Bonchev–Trinajstić information content (AvgIpc) is 2.59. The summed E-state index contributed by atoms with van der Waals surface area (Å²) in [6.07, 6.45) is 1.59. The molecule has 1 aromatic heterocycles. The van der Waals surface area contributed by atoms with Gasteiger partial charge in [0.25, 0.3) is 5.91 Å². The Morgan fingerprint density at radius 3 is 2.67 bits per heavy atom. The van der Waals surface area contributed by atoms with Crippen LogP contribution in [-0.2, 0) is 4.74 Å². The molecule has 1 amide bonds. The van der Waals surface area contributed by atoms with Gasteiger partial charge in [0, 0.05) is 24.1 Å². The van der Waals surface area contributed by atoms with Gasteiger partial charge in [-0.2, -0.15) is 0 Å². The molecule has 0 saturated carbocycles. The summed E-state index contributed by atoms with van der Waals surface area (Å²) in [4.78, 5) is 28.0. The Morgan fingerprint density at radius 1 is 1.17 bits per heavy atom. The first-order chi connectivity index (χ1) is 11.5. The highest BCUT2D eigenvalue weighted by molar-refractivity contribution is 6.04. The second-order valence-corrected chi connectivity index (χ2v) is 5.73. The second-order valence-electron chi connectivity index (χ2n) is 5.73. The first kappa shape index (κ1) is 17.5. The Bertz CT molecular complexity index is 729. The quantitative estimate of drug-likeness (QED) is 0.797. The van der Waals surface area contributed by atoms with Gasteiger partial charge < -0.3 is 15.4 Å². The molecule has 6 nitrogen and oxygen atoms in total. The third kappa shape index (κ3) is 4.81. The molecule has 0 saturated heterocycles. The maximum absolute atomic E-state index is 12.3. The number of nitrogens with one attached hydrogen (secondary N) is 2. The summed E-state index contributed by atoms with van der Waals surface area (Å²) in [5, 5.41) is 5.99. The largest absolute Gasteiger partial charge is 0.465 e. The fourth-order valence-corrected chi connectivity index (χ4v) is 2.02. The van der Waals surface area contributed by atoms with Crippen LogP contribution in [-0.4, -0.2) is 30.5 Å². The molecule has 0 aliphatic heterocycles. The fraction of sp³-hybridized carbons (Fsp3) is 0.278. The lowest BCUT2D eigenvalue weighted by atomic mass is 10.2. The number of amides is 1. The zero-order valence-electron chi connectivity index (χ0n) is 14.0. The lowest BCUT2D eigenvalue weighted by molar-refractivity contribution is 0.0600. The smallest absolute Gasteiger partial charge is 0.337 e. The van der Waals surface area contributed by atoms with Crippen LogP contribution in [0.1, 0.15) is 34.7 Å². The van der Waals surface area contributed by atoms with Crippen LogP contribution in [0.5, 0.6) is 0 Å². The van der Waals surface area contributed by atoms with E-state index in [1.807, 2.05) is 6.07 Å². The third-order valence-corrected chi connectivity index (χ3v) is 3.25. The highest BCUT2D eigenvalue weighted by Gasteiger charge is 2.11. The third-order valence-electron chi connectivity index (χ3n) is 3.25. The average molecular weight is 327 g/mol. The Kier molecular flexibility index (Phi) is 5.89. The number of rotatable bonds is 6. The van der Waals surface area contributed by atoms with Crippen LogP contribution in [0.4, 0.5) is 11.4 Å². The lowest BCUT2D eigenvalue weighted by Gasteiger charge is -2.10. The second kappa shape index (κ2) is 8.10. The molecule has 0 fully saturated rings. The van der Waals surface area contributed by atoms with Gasteiger partial charge in [-0.3, -0.25) is 9.78 Å². The molecule has 0 unspecified atom stereocenters. The van der Waals surface area contributed by atoms with E-state index in [1.165, 1.54) is 7.11 Å². The summed E-state index contributed by atoms with van der Waals surface area (Å²) < 4.78 is 4.67. The molecule has 0 atom stereocenters. The van der Waals surface area contributed by atoms with Gasteiger partial charge in [0.15, 0.2) is 0 Å². The summed E-state index contributed by atoms with van der Waals surface area (Å²) in [6, 6.07) is 10.1. The number of carbonyl (C=O) groups excluding carboxylic acids is 2. The molecule has 2 rings (SSSR count). The van der Waals surface area contributed by atoms with E-state index < -0.39 is 5.97 Å². The minimum Gasteiger partial charge on any atom is -0.465 e. The SMILES string of the molecule is COC(=O)c1cccc(NC(=O)c2cc(NCC(C)C)ccn2)c1. The van der Waals surface area contributed by atoms with E-state index in [-0.39, 0.29) is 5.91 Å². The summed E-state index contributed by atoms with van der Waals surface area (Å²) in [5.74, 6) is -0.300. The Labute approximate surface area is 141 Å². The number of hydrogen-bond acceptors (Lipinski definition) is 5. The number of pyridine rings is 1. The van der Waals surface area contributed by atoms with Crippen molar-refractivity contribution in [3.8, 4) is 0 Å². The molecule has 2 aromatic rings. The van der Waals surface area contributed by atoms with Gasteiger partial charge >= 0.3 is 5.97 Å². The zero-order chi connectivity index (χ0) is 17.5. The number of aromatic nitrogens is 1. The van der Waals surface area contributed by atoms with E-state index >= 15 is 0 Å². The first-order valence-corrected chi connectivity index (χ1v) is 7.69. The van der Waals surface area contributed by atoms with Gasteiger partial charge in [0.05, 0.1) is 12.7 Å². The first-order valence-electron chi connectivity index (χ1n) is 7.69. The fourth-order valence-electron chi connectivity index (χ4n) is 2.02. The number of methoxy groups -OCH3 is 1. The van der Waals surface area contributed by atoms with E-state index in [1.54, 1.807) is 36.5 Å². The molecule has 6 heteroatoms. The normalized spacial score (nSPS) is 10.3. The molecule has 0 spiro atoms. The van der Waals surface area contributed by atoms with E-state index in [0.717, 1.165) is 12.2 Å². The predicted octanol–water partition coefficient (Wildman–Crippen LogP) is 3.19. The molecule has 0 aliphatic carbocycles. The van der Waals surface area contributed by atoms with Crippen LogP contribution in [0.2, 0.25) is 0 Å². The molecular weight excluding hydrogens is 306 g/mol. The highest BCUT2D eigenvalue weighted by Crippen LogP contribution is 2.14.